The van der Waals surface area contributed by atoms with Gasteiger partial charge in [-0.25, -0.2) is 9.48 Å². The Labute approximate surface area is 207 Å². The number of rotatable bonds is 6. The number of para-hydroxylation sites is 1. The molecule has 190 valence electrons. The summed E-state index contributed by atoms with van der Waals surface area (Å²) < 4.78 is 40.4. The lowest BCUT2D eigenvalue weighted by Gasteiger charge is -2.08. The average molecular weight is 512 g/mol. The van der Waals surface area contributed by atoms with E-state index in [0.29, 0.717) is 12.4 Å². The van der Waals surface area contributed by atoms with Crippen molar-refractivity contribution in [1.29, 1.82) is 0 Å². The van der Waals surface area contributed by atoms with Crippen molar-refractivity contribution < 1.29 is 32.3 Å². The monoisotopic (exact) mass is 512 g/mol. The highest BCUT2D eigenvalue weighted by atomic mass is 19.4. The van der Waals surface area contributed by atoms with Crippen LogP contribution in [-0.2, 0) is 22.7 Å². The van der Waals surface area contributed by atoms with Crippen LogP contribution in [0.4, 0.5) is 19.0 Å². The molecule has 4 aromatic heterocycles. The second-order valence-corrected chi connectivity index (χ2v) is 7.61. The van der Waals surface area contributed by atoms with Crippen molar-refractivity contribution in [3.8, 4) is 11.1 Å². The van der Waals surface area contributed by atoms with E-state index in [1.54, 1.807) is 40.3 Å². The quantitative estimate of drug-likeness (QED) is 0.349. The molecule has 0 aliphatic rings. The first-order valence-electron chi connectivity index (χ1n) is 10.7. The number of carboxylic acids is 1. The molecule has 0 saturated carbocycles. The Hall–Kier alpha value is -4.94. The van der Waals surface area contributed by atoms with Gasteiger partial charge in [-0.3, -0.25) is 14.5 Å². The minimum absolute atomic E-state index is 0.0874. The summed E-state index contributed by atoms with van der Waals surface area (Å²) in [5, 5.41) is 19.6. The lowest BCUT2D eigenvalue weighted by molar-refractivity contribution is -0.192. The van der Waals surface area contributed by atoms with Gasteiger partial charge < -0.3 is 14.8 Å². The number of anilines is 1. The molecule has 0 bridgehead atoms. The van der Waals surface area contributed by atoms with E-state index in [1.807, 2.05) is 48.7 Å². The standard InChI is InChI=1S/C22H18N6O2.C2HF3O2/c29-21(26-20-8-10-24-28(20)14-18-6-3-11-30-18)15-27-13-17(12-25-27)19-7-1-4-16-5-2-9-23-22(16)19;3-2(4,5)1(6)7/h1-13H,14-15H2,(H,26,29);(H,6,7). The van der Waals surface area contributed by atoms with Crippen LogP contribution >= 0.6 is 0 Å². The van der Waals surface area contributed by atoms with E-state index in [4.69, 9.17) is 14.3 Å². The Kier molecular flexibility index (Phi) is 7.32. The smallest absolute Gasteiger partial charge is 0.475 e. The summed E-state index contributed by atoms with van der Waals surface area (Å²) in [5.41, 5.74) is 2.80. The Morgan fingerprint density at radius 1 is 1.03 bits per heavy atom. The number of alkyl halides is 3. The number of aliphatic carboxylic acids is 1. The Morgan fingerprint density at radius 3 is 2.54 bits per heavy atom. The number of fused-ring (bicyclic) bond motifs is 1. The number of carbonyl (C=O) groups excluding carboxylic acids is 1. The Morgan fingerprint density at radius 2 is 1.81 bits per heavy atom. The average Bonchev–Trinajstić information content (AvgIpc) is 3.63. The highest BCUT2D eigenvalue weighted by Gasteiger charge is 2.38. The minimum atomic E-state index is -5.08. The molecule has 1 aromatic carbocycles. The van der Waals surface area contributed by atoms with Crippen LogP contribution in [0.2, 0.25) is 0 Å². The maximum Gasteiger partial charge on any atom is 0.490 e. The van der Waals surface area contributed by atoms with Gasteiger partial charge in [0, 0.05) is 35.0 Å². The number of carbonyl (C=O) groups is 2. The van der Waals surface area contributed by atoms with Crippen LogP contribution in [0.5, 0.6) is 0 Å². The van der Waals surface area contributed by atoms with Gasteiger partial charge in [-0.05, 0) is 18.2 Å². The largest absolute Gasteiger partial charge is 0.490 e. The fraction of sp³-hybridized carbons (Fsp3) is 0.125. The maximum absolute atomic E-state index is 12.5. The molecule has 13 heteroatoms. The first-order valence-corrected chi connectivity index (χ1v) is 10.7. The summed E-state index contributed by atoms with van der Waals surface area (Å²) in [4.78, 5) is 25.9. The number of pyridine rings is 1. The number of halogens is 3. The van der Waals surface area contributed by atoms with E-state index in [2.05, 4.69) is 20.5 Å². The number of hydrogen-bond donors (Lipinski definition) is 2. The van der Waals surface area contributed by atoms with Crippen LogP contribution < -0.4 is 5.32 Å². The predicted molar refractivity (Wildman–Crippen MR) is 125 cm³/mol. The van der Waals surface area contributed by atoms with Gasteiger partial charge >= 0.3 is 12.1 Å². The van der Waals surface area contributed by atoms with Crippen LogP contribution in [0.15, 0.2) is 84.0 Å². The van der Waals surface area contributed by atoms with Crippen molar-refractivity contribution in [2.24, 2.45) is 0 Å². The SMILES string of the molecule is O=C(Cn1cc(-c2cccc3cccnc23)cn1)Nc1ccnn1Cc1ccco1.O=C(O)C(F)(F)F. The molecule has 4 heterocycles. The zero-order valence-corrected chi connectivity index (χ0v) is 19.0. The lowest BCUT2D eigenvalue weighted by atomic mass is 10.1. The molecule has 0 aliphatic carbocycles. The molecule has 0 spiro atoms. The normalized spacial score (nSPS) is 11.1. The van der Waals surface area contributed by atoms with Gasteiger partial charge in [0.1, 0.15) is 24.7 Å². The molecule has 0 aliphatic heterocycles. The number of aromatic nitrogens is 5. The molecule has 0 radical (unpaired) electrons. The number of hydrogen-bond acceptors (Lipinski definition) is 6. The van der Waals surface area contributed by atoms with Crippen molar-refractivity contribution in [3.63, 3.8) is 0 Å². The molecule has 0 atom stereocenters. The summed E-state index contributed by atoms with van der Waals surface area (Å²) in [6.45, 7) is 0.528. The number of benzene rings is 1. The fourth-order valence-electron chi connectivity index (χ4n) is 3.37. The van der Waals surface area contributed by atoms with E-state index in [0.717, 1.165) is 27.8 Å². The van der Waals surface area contributed by atoms with Crippen LogP contribution in [0.3, 0.4) is 0 Å². The number of furan rings is 1. The number of nitrogens with zero attached hydrogens (tertiary/aromatic N) is 5. The van der Waals surface area contributed by atoms with Crippen LogP contribution in [0.25, 0.3) is 22.0 Å². The minimum Gasteiger partial charge on any atom is -0.475 e. The second kappa shape index (κ2) is 10.8. The van der Waals surface area contributed by atoms with Gasteiger partial charge in [0.25, 0.3) is 0 Å². The van der Waals surface area contributed by atoms with Crippen LogP contribution in [0, 0.1) is 0 Å². The molecule has 10 nitrogen and oxygen atoms in total. The molecule has 0 unspecified atom stereocenters. The third-order valence-electron chi connectivity index (χ3n) is 4.99. The number of nitrogens with one attached hydrogen (secondary N) is 1. The molecule has 5 aromatic rings. The molecule has 0 fully saturated rings. The summed E-state index contributed by atoms with van der Waals surface area (Å²) in [6.07, 6.45) is 3.53. The Bertz CT molecular complexity index is 1500. The molecule has 2 N–H and O–H groups in total. The molecule has 37 heavy (non-hydrogen) atoms. The fourth-order valence-corrected chi connectivity index (χ4v) is 3.37. The summed E-state index contributed by atoms with van der Waals surface area (Å²) >= 11 is 0. The van der Waals surface area contributed by atoms with Gasteiger partial charge in [-0.15, -0.1) is 0 Å². The first-order chi connectivity index (χ1) is 17.7. The van der Waals surface area contributed by atoms with E-state index >= 15 is 0 Å². The number of amides is 1. The van der Waals surface area contributed by atoms with Crippen molar-refractivity contribution in [3.05, 3.63) is 85.3 Å². The topological polar surface area (TPSA) is 128 Å². The van der Waals surface area contributed by atoms with Gasteiger partial charge in [0.05, 0.1) is 24.2 Å². The van der Waals surface area contributed by atoms with Crippen molar-refractivity contribution in [1.82, 2.24) is 24.5 Å². The molecule has 0 saturated heterocycles. The predicted octanol–water partition coefficient (Wildman–Crippen LogP) is 4.21. The van der Waals surface area contributed by atoms with E-state index in [1.165, 1.54) is 0 Å². The molecule has 1 amide bonds. The maximum atomic E-state index is 12.5. The third kappa shape index (κ3) is 6.39. The highest BCUT2D eigenvalue weighted by Crippen LogP contribution is 2.26. The van der Waals surface area contributed by atoms with E-state index < -0.39 is 12.1 Å². The summed E-state index contributed by atoms with van der Waals surface area (Å²) in [6, 6.07) is 15.4. The van der Waals surface area contributed by atoms with E-state index in [9.17, 15) is 18.0 Å². The van der Waals surface area contributed by atoms with E-state index in [-0.39, 0.29) is 12.5 Å². The molecular formula is C24H19F3N6O4. The zero-order valence-electron chi connectivity index (χ0n) is 19.0. The van der Waals surface area contributed by atoms with Crippen molar-refractivity contribution >= 4 is 28.6 Å². The molecule has 5 rings (SSSR count). The van der Waals surface area contributed by atoms with Crippen molar-refractivity contribution in [2.45, 2.75) is 19.3 Å². The Balaban J connectivity index is 0.000000405. The molecular weight excluding hydrogens is 493 g/mol. The zero-order chi connectivity index (χ0) is 26.4. The highest BCUT2D eigenvalue weighted by molar-refractivity contribution is 5.93. The van der Waals surface area contributed by atoms with Crippen LogP contribution in [-0.4, -0.2) is 47.7 Å². The summed E-state index contributed by atoms with van der Waals surface area (Å²) in [5.74, 6) is -1.59. The number of carboxylic acid groups (broad SMARTS) is 1. The van der Waals surface area contributed by atoms with Crippen LogP contribution in [0.1, 0.15) is 5.76 Å². The van der Waals surface area contributed by atoms with Gasteiger partial charge in [0.2, 0.25) is 5.91 Å². The first kappa shape index (κ1) is 25.2. The van der Waals surface area contributed by atoms with Gasteiger partial charge in [-0.2, -0.15) is 23.4 Å². The third-order valence-corrected chi connectivity index (χ3v) is 4.99. The van der Waals surface area contributed by atoms with Crippen molar-refractivity contribution in [2.75, 3.05) is 5.32 Å². The van der Waals surface area contributed by atoms with Gasteiger partial charge in [-0.1, -0.05) is 24.3 Å². The van der Waals surface area contributed by atoms with Gasteiger partial charge in [0.15, 0.2) is 0 Å². The second-order valence-electron chi connectivity index (χ2n) is 7.61. The summed E-state index contributed by atoms with van der Waals surface area (Å²) in [7, 11) is 0. The lowest BCUT2D eigenvalue weighted by Crippen LogP contribution is -2.21.